The third-order valence-electron chi connectivity index (χ3n) is 3.91. The number of aryl methyl sites for hydroxylation is 1. The molecule has 0 radical (unpaired) electrons. The van der Waals surface area contributed by atoms with E-state index in [0.717, 1.165) is 11.1 Å². The quantitative estimate of drug-likeness (QED) is 0.557. The fourth-order valence-corrected chi connectivity index (χ4v) is 2.50. The van der Waals surface area contributed by atoms with Crippen LogP contribution in [0, 0.1) is 24.0 Å². The number of benzene rings is 2. The molecule has 0 aliphatic carbocycles. The lowest BCUT2D eigenvalue weighted by atomic mass is 10.1. The van der Waals surface area contributed by atoms with Crippen molar-refractivity contribution in [3.05, 3.63) is 63.7 Å². The van der Waals surface area contributed by atoms with E-state index in [1.807, 2.05) is 31.2 Å². The minimum atomic E-state index is -0.484. The van der Waals surface area contributed by atoms with Crippen LogP contribution in [0.4, 0.5) is 11.4 Å². The van der Waals surface area contributed by atoms with Crippen molar-refractivity contribution in [3.8, 4) is 11.4 Å². The Labute approximate surface area is 148 Å². The molecule has 0 unspecified atom stereocenters. The van der Waals surface area contributed by atoms with Crippen LogP contribution in [0.25, 0.3) is 11.4 Å². The van der Waals surface area contributed by atoms with E-state index in [4.69, 9.17) is 0 Å². The molecule has 3 aromatic rings. The lowest BCUT2D eigenvalue weighted by Crippen LogP contribution is -2.21. The number of rotatable bonds is 5. The van der Waals surface area contributed by atoms with Crippen LogP contribution < -0.4 is 5.32 Å². The molecule has 1 amide bonds. The van der Waals surface area contributed by atoms with Gasteiger partial charge in [0.15, 0.2) is 5.82 Å². The van der Waals surface area contributed by atoms with E-state index in [1.165, 1.54) is 16.8 Å². The first-order valence-electron chi connectivity index (χ1n) is 7.83. The van der Waals surface area contributed by atoms with Gasteiger partial charge in [-0.1, -0.05) is 35.9 Å². The Balaban J connectivity index is 1.78. The standard InChI is InChI=1S/C17H16N6O3/c1-11-6-8-13(9-7-11)17-19-20-21-22(17)10-16(24)18-14-4-3-5-15(12(14)2)23(25)26/h3-9H,10H2,1-2H3,(H,18,24). The monoisotopic (exact) mass is 352 g/mol. The average Bonchev–Trinajstić information content (AvgIpc) is 3.05. The van der Waals surface area contributed by atoms with Crippen molar-refractivity contribution in [2.45, 2.75) is 20.4 Å². The fourth-order valence-electron chi connectivity index (χ4n) is 2.50. The molecular weight excluding hydrogens is 336 g/mol. The molecule has 1 N–H and O–H groups in total. The van der Waals surface area contributed by atoms with Crippen LogP contribution in [0.15, 0.2) is 42.5 Å². The van der Waals surface area contributed by atoms with E-state index >= 15 is 0 Å². The number of nitro benzene ring substituents is 1. The summed E-state index contributed by atoms with van der Waals surface area (Å²) >= 11 is 0. The van der Waals surface area contributed by atoms with Gasteiger partial charge in [0, 0.05) is 11.6 Å². The van der Waals surface area contributed by atoms with Crippen LogP contribution in [0.5, 0.6) is 0 Å². The summed E-state index contributed by atoms with van der Waals surface area (Å²) in [5.41, 5.74) is 2.62. The number of tetrazole rings is 1. The van der Waals surface area contributed by atoms with E-state index < -0.39 is 4.92 Å². The number of nitrogens with zero attached hydrogens (tertiary/aromatic N) is 5. The molecule has 9 heteroatoms. The molecule has 1 aromatic heterocycles. The summed E-state index contributed by atoms with van der Waals surface area (Å²) in [6.07, 6.45) is 0. The Hall–Kier alpha value is -3.62. The van der Waals surface area contributed by atoms with Crippen LogP contribution in [0.1, 0.15) is 11.1 Å². The van der Waals surface area contributed by atoms with Crippen molar-refractivity contribution in [3.63, 3.8) is 0 Å². The van der Waals surface area contributed by atoms with Gasteiger partial charge in [0.25, 0.3) is 5.69 Å². The minimum absolute atomic E-state index is 0.0504. The first-order valence-corrected chi connectivity index (χ1v) is 7.83. The molecule has 9 nitrogen and oxygen atoms in total. The SMILES string of the molecule is Cc1ccc(-c2nnnn2CC(=O)Nc2cccc([N+](=O)[O-])c2C)cc1. The second-order valence-electron chi connectivity index (χ2n) is 5.78. The number of hydrogen-bond donors (Lipinski definition) is 1. The van der Waals surface area contributed by atoms with Crippen LogP contribution in [0.3, 0.4) is 0 Å². The van der Waals surface area contributed by atoms with Gasteiger partial charge >= 0.3 is 0 Å². The topological polar surface area (TPSA) is 116 Å². The van der Waals surface area contributed by atoms with Crippen LogP contribution >= 0.6 is 0 Å². The van der Waals surface area contributed by atoms with Crippen molar-refractivity contribution in [1.29, 1.82) is 0 Å². The molecule has 0 saturated carbocycles. The fraction of sp³-hybridized carbons (Fsp3) is 0.176. The van der Waals surface area contributed by atoms with Crippen LogP contribution in [-0.4, -0.2) is 31.0 Å². The zero-order chi connectivity index (χ0) is 18.7. The molecule has 0 aliphatic rings. The van der Waals surface area contributed by atoms with Crippen molar-refractivity contribution >= 4 is 17.3 Å². The number of anilines is 1. The summed E-state index contributed by atoms with van der Waals surface area (Å²) in [6, 6.07) is 12.1. The van der Waals surface area contributed by atoms with Gasteiger partial charge in [-0.15, -0.1) is 5.10 Å². The zero-order valence-corrected chi connectivity index (χ0v) is 14.2. The maximum Gasteiger partial charge on any atom is 0.274 e. The lowest BCUT2D eigenvalue weighted by molar-refractivity contribution is -0.385. The number of carbonyl (C=O) groups excluding carboxylic acids is 1. The maximum absolute atomic E-state index is 12.4. The molecule has 3 rings (SSSR count). The predicted molar refractivity (Wildman–Crippen MR) is 94.5 cm³/mol. The van der Waals surface area contributed by atoms with Crippen molar-refractivity contribution in [1.82, 2.24) is 20.2 Å². The molecule has 2 aromatic carbocycles. The molecule has 0 spiro atoms. The number of aromatic nitrogens is 4. The second kappa shape index (κ2) is 7.09. The Morgan fingerprint density at radius 3 is 2.62 bits per heavy atom. The molecule has 0 atom stereocenters. The van der Waals surface area contributed by atoms with E-state index in [2.05, 4.69) is 20.8 Å². The molecule has 0 fully saturated rings. The average molecular weight is 352 g/mol. The highest BCUT2D eigenvalue weighted by Crippen LogP contribution is 2.25. The molecule has 132 valence electrons. The van der Waals surface area contributed by atoms with Crippen molar-refractivity contribution in [2.24, 2.45) is 0 Å². The third-order valence-corrected chi connectivity index (χ3v) is 3.91. The van der Waals surface area contributed by atoms with Gasteiger partial charge in [-0.25, -0.2) is 4.68 Å². The number of nitrogens with one attached hydrogen (secondary N) is 1. The smallest absolute Gasteiger partial charge is 0.274 e. The van der Waals surface area contributed by atoms with Gasteiger partial charge < -0.3 is 5.32 Å². The zero-order valence-electron chi connectivity index (χ0n) is 14.2. The molecule has 26 heavy (non-hydrogen) atoms. The molecule has 0 saturated heterocycles. The Morgan fingerprint density at radius 1 is 1.19 bits per heavy atom. The Morgan fingerprint density at radius 2 is 1.92 bits per heavy atom. The van der Waals surface area contributed by atoms with Gasteiger partial charge in [0.1, 0.15) is 6.54 Å². The summed E-state index contributed by atoms with van der Waals surface area (Å²) in [5, 5.41) is 25.1. The predicted octanol–water partition coefficient (Wildman–Crippen LogP) is 2.50. The highest BCUT2D eigenvalue weighted by atomic mass is 16.6. The molecule has 1 heterocycles. The number of carbonyl (C=O) groups is 1. The van der Waals surface area contributed by atoms with Crippen LogP contribution in [-0.2, 0) is 11.3 Å². The largest absolute Gasteiger partial charge is 0.324 e. The summed E-state index contributed by atoms with van der Waals surface area (Å²) < 4.78 is 1.38. The highest BCUT2D eigenvalue weighted by Gasteiger charge is 2.16. The number of hydrogen-bond acceptors (Lipinski definition) is 6. The highest BCUT2D eigenvalue weighted by molar-refractivity contribution is 5.92. The normalized spacial score (nSPS) is 10.5. The number of nitro groups is 1. The van der Waals surface area contributed by atoms with E-state index in [0.29, 0.717) is 17.1 Å². The first-order chi connectivity index (χ1) is 12.5. The lowest BCUT2D eigenvalue weighted by Gasteiger charge is -2.09. The van der Waals surface area contributed by atoms with Gasteiger partial charge in [0.2, 0.25) is 5.91 Å². The van der Waals surface area contributed by atoms with E-state index in [-0.39, 0.29) is 18.1 Å². The maximum atomic E-state index is 12.4. The van der Waals surface area contributed by atoms with Crippen molar-refractivity contribution < 1.29 is 9.72 Å². The molecule has 0 bridgehead atoms. The van der Waals surface area contributed by atoms with Gasteiger partial charge in [-0.3, -0.25) is 14.9 Å². The number of amides is 1. The van der Waals surface area contributed by atoms with Crippen LogP contribution in [0.2, 0.25) is 0 Å². The second-order valence-corrected chi connectivity index (χ2v) is 5.78. The first kappa shape index (κ1) is 17.2. The summed E-state index contributed by atoms with van der Waals surface area (Å²) in [6.45, 7) is 3.45. The van der Waals surface area contributed by atoms with E-state index in [1.54, 1.807) is 13.0 Å². The van der Waals surface area contributed by atoms with Gasteiger partial charge in [-0.2, -0.15) is 0 Å². The van der Waals surface area contributed by atoms with Gasteiger partial charge in [0.05, 0.1) is 16.2 Å². The Bertz CT molecular complexity index is 965. The summed E-state index contributed by atoms with van der Waals surface area (Å²) in [7, 11) is 0. The van der Waals surface area contributed by atoms with E-state index in [9.17, 15) is 14.9 Å². The summed E-state index contributed by atoms with van der Waals surface area (Å²) in [4.78, 5) is 22.9. The van der Waals surface area contributed by atoms with Crippen molar-refractivity contribution in [2.75, 3.05) is 5.32 Å². The molecule has 0 aliphatic heterocycles. The molecular formula is C17H16N6O3. The summed E-state index contributed by atoms with van der Waals surface area (Å²) in [5.74, 6) is 0.0881. The Kier molecular flexibility index (Phi) is 4.70. The van der Waals surface area contributed by atoms with Gasteiger partial charge in [-0.05, 0) is 30.3 Å². The minimum Gasteiger partial charge on any atom is -0.324 e. The third kappa shape index (κ3) is 3.56.